The lowest BCUT2D eigenvalue weighted by atomic mass is 10.1. The second-order valence-electron chi connectivity index (χ2n) is 5.08. The maximum absolute atomic E-state index is 12.4. The fraction of sp³-hybridized carbons (Fsp3) is 0.333. The van der Waals surface area contributed by atoms with Gasteiger partial charge in [-0.2, -0.15) is 0 Å². The van der Waals surface area contributed by atoms with Crippen LogP contribution in [0.1, 0.15) is 23.2 Å². The van der Waals surface area contributed by atoms with Crippen molar-refractivity contribution >= 4 is 5.91 Å². The monoisotopic (exact) mass is 300 g/mol. The van der Waals surface area contributed by atoms with E-state index in [2.05, 4.69) is 15.0 Å². The lowest BCUT2D eigenvalue weighted by molar-refractivity contribution is 0.0514. The molecule has 22 heavy (non-hydrogen) atoms. The molecule has 1 aliphatic heterocycles. The molecule has 1 aliphatic rings. The van der Waals surface area contributed by atoms with Crippen LogP contribution in [0.4, 0.5) is 0 Å². The van der Waals surface area contributed by atoms with E-state index in [1.54, 1.807) is 29.4 Å². The molecule has 2 aromatic heterocycles. The minimum Gasteiger partial charge on any atom is -0.458 e. The molecular formula is C15H16N4O3. The van der Waals surface area contributed by atoms with E-state index in [-0.39, 0.29) is 23.1 Å². The molecule has 0 saturated carbocycles. The number of carbonyl (C=O) groups excluding carboxylic acids is 1. The van der Waals surface area contributed by atoms with Crippen LogP contribution in [0.3, 0.4) is 0 Å². The summed E-state index contributed by atoms with van der Waals surface area (Å²) in [6.07, 6.45) is 6.20. The van der Waals surface area contributed by atoms with Crippen molar-refractivity contribution in [1.29, 1.82) is 0 Å². The average Bonchev–Trinajstić information content (AvgIpc) is 2.56. The van der Waals surface area contributed by atoms with Crippen molar-refractivity contribution in [3.05, 3.63) is 52.7 Å². The summed E-state index contributed by atoms with van der Waals surface area (Å²) in [4.78, 5) is 36.4. The quantitative estimate of drug-likeness (QED) is 0.908. The molecule has 0 aliphatic carbocycles. The Morgan fingerprint density at radius 2 is 2.14 bits per heavy atom. The maximum atomic E-state index is 12.4. The first-order valence-electron chi connectivity index (χ1n) is 7.14. The number of hydrogen-bond donors (Lipinski definition) is 1. The maximum Gasteiger partial charge on any atom is 0.316 e. The van der Waals surface area contributed by atoms with E-state index in [4.69, 9.17) is 4.74 Å². The summed E-state index contributed by atoms with van der Waals surface area (Å²) in [6, 6.07) is 5.20. The van der Waals surface area contributed by atoms with E-state index in [9.17, 15) is 9.59 Å². The molecular weight excluding hydrogens is 284 g/mol. The molecule has 114 valence electrons. The lowest BCUT2D eigenvalue weighted by Crippen LogP contribution is -2.45. The SMILES string of the molecule is O=C(c1ccc[nH]c1=O)N1CCCC(Oc2ncccn2)C1. The van der Waals surface area contributed by atoms with Crippen molar-refractivity contribution in [2.24, 2.45) is 0 Å². The van der Waals surface area contributed by atoms with Crippen LogP contribution in [0.2, 0.25) is 0 Å². The fourth-order valence-electron chi connectivity index (χ4n) is 2.47. The minimum absolute atomic E-state index is 0.152. The highest BCUT2D eigenvalue weighted by atomic mass is 16.5. The molecule has 0 radical (unpaired) electrons. The normalized spacial score (nSPS) is 18.0. The van der Waals surface area contributed by atoms with Gasteiger partial charge < -0.3 is 14.6 Å². The number of rotatable bonds is 3. The van der Waals surface area contributed by atoms with E-state index in [0.29, 0.717) is 19.1 Å². The van der Waals surface area contributed by atoms with Gasteiger partial charge in [-0.1, -0.05) is 0 Å². The molecule has 3 heterocycles. The van der Waals surface area contributed by atoms with Gasteiger partial charge >= 0.3 is 6.01 Å². The Labute approximate surface area is 127 Å². The third-order valence-electron chi connectivity index (χ3n) is 3.53. The molecule has 0 spiro atoms. The van der Waals surface area contributed by atoms with E-state index in [1.807, 2.05) is 0 Å². The van der Waals surface area contributed by atoms with Crippen molar-refractivity contribution in [2.75, 3.05) is 13.1 Å². The van der Waals surface area contributed by atoms with Crippen LogP contribution < -0.4 is 10.3 Å². The van der Waals surface area contributed by atoms with Crippen molar-refractivity contribution in [3.63, 3.8) is 0 Å². The van der Waals surface area contributed by atoms with Crippen LogP contribution in [0.25, 0.3) is 0 Å². The standard InChI is InChI=1S/C15H16N4O3/c20-13-12(5-1-6-16-13)14(21)19-9-2-4-11(10-19)22-15-17-7-3-8-18-15/h1,3,5-8,11H,2,4,9-10H2,(H,16,20). The number of H-pyrrole nitrogens is 1. The van der Waals surface area contributed by atoms with Crippen molar-refractivity contribution < 1.29 is 9.53 Å². The molecule has 0 bridgehead atoms. The lowest BCUT2D eigenvalue weighted by Gasteiger charge is -2.32. The van der Waals surface area contributed by atoms with Gasteiger partial charge in [-0.15, -0.1) is 0 Å². The number of ether oxygens (including phenoxy) is 1. The summed E-state index contributed by atoms with van der Waals surface area (Å²) >= 11 is 0. The summed E-state index contributed by atoms with van der Waals surface area (Å²) < 4.78 is 5.70. The zero-order valence-electron chi connectivity index (χ0n) is 11.9. The number of aromatic amines is 1. The number of nitrogens with one attached hydrogen (secondary N) is 1. The van der Waals surface area contributed by atoms with Gasteiger partial charge in [-0.05, 0) is 31.0 Å². The molecule has 2 aromatic rings. The number of pyridine rings is 1. The number of aromatic nitrogens is 3. The van der Waals surface area contributed by atoms with Gasteiger partial charge in [0.2, 0.25) is 0 Å². The van der Waals surface area contributed by atoms with E-state index >= 15 is 0 Å². The van der Waals surface area contributed by atoms with Gasteiger partial charge in [-0.25, -0.2) is 9.97 Å². The molecule has 1 N–H and O–H groups in total. The summed E-state index contributed by atoms with van der Waals surface area (Å²) in [7, 11) is 0. The number of amides is 1. The number of nitrogens with zero attached hydrogens (tertiary/aromatic N) is 3. The van der Waals surface area contributed by atoms with Gasteiger partial charge in [0.05, 0.1) is 6.54 Å². The molecule has 1 fully saturated rings. The summed E-state index contributed by atoms with van der Waals surface area (Å²) in [5, 5.41) is 0. The topological polar surface area (TPSA) is 88.2 Å². The number of piperidine rings is 1. The largest absolute Gasteiger partial charge is 0.458 e. The van der Waals surface area contributed by atoms with Crippen LogP contribution in [-0.2, 0) is 0 Å². The number of hydrogen-bond acceptors (Lipinski definition) is 5. The predicted octanol–water partition coefficient (Wildman–Crippen LogP) is 0.849. The van der Waals surface area contributed by atoms with Crippen LogP contribution in [0.5, 0.6) is 6.01 Å². The first kappa shape index (κ1) is 14.2. The molecule has 1 atom stereocenters. The zero-order chi connectivity index (χ0) is 15.4. The fourth-order valence-corrected chi connectivity index (χ4v) is 2.47. The van der Waals surface area contributed by atoms with Crippen LogP contribution in [0.15, 0.2) is 41.6 Å². The molecule has 7 nitrogen and oxygen atoms in total. The predicted molar refractivity (Wildman–Crippen MR) is 78.6 cm³/mol. The Morgan fingerprint density at radius 3 is 2.91 bits per heavy atom. The first-order valence-corrected chi connectivity index (χ1v) is 7.14. The third-order valence-corrected chi connectivity index (χ3v) is 3.53. The minimum atomic E-state index is -0.373. The Hall–Kier alpha value is -2.70. The summed E-state index contributed by atoms with van der Waals surface area (Å²) in [6.45, 7) is 1.04. The highest BCUT2D eigenvalue weighted by molar-refractivity contribution is 5.93. The van der Waals surface area contributed by atoms with E-state index < -0.39 is 0 Å². The zero-order valence-corrected chi connectivity index (χ0v) is 11.9. The van der Waals surface area contributed by atoms with Gasteiger partial charge in [0.25, 0.3) is 11.5 Å². The van der Waals surface area contributed by atoms with Gasteiger partial charge in [0.15, 0.2) is 0 Å². The molecule has 7 heteroatoms. The second kappa shape index (κ2) is 6.38. The smallest absolute Gasteiger partial charge is 0.316 e. The molecule has 3 rings (SSSR count). The first-order chi connectivity index (χ1) is 10.7. The number of likely N-dealkylation sites (tertiary alicyclic amines) is 1. The highest BCUT2D eigenvalue weighted by Gasteiger charge is 2.27. The molecule has 1 amide bonds. The molecule has 1 unspecified atom stereocenters. The van der Waals surface area contributed by atoms with Crippen molar-refractivity contribution in [3.8, 4) is 6.01 Å². The van der Waals surface area contributed by atoms with Gasteiger partial charge in [0.1, 0.15) is 11.7 Å². The van der Waals surface area contributed by atoms with Crippen LogP contribution in [-0.4, -0.2) is 45.0 Å². The number of carbonyl (C=O) groups is 1. The van der Waals surface area contributed by atoms with Crippen LogP contribution in [0, 0.1) is 0 Å². The Kier molecular flexibility index (Phi) is 4.13. The van der Waals surface area contributed by atoms with Gasteiger partial charge in [0, 0.05) is 25.1 Å². The Morgan fingerprint density at radius 1 is 1.32 bits per heavy atom. The van der Waals surface area contributed by atoms with E-state index in [0.717, 1.165) is 12.8 Å². The Balaban J connectivity index is 1.69. The highest BCUT2D eigenvalue weighted by Crippen LogP contribution is 2.16. The van der Waals surface area contributed by atoms with E-state index in [1.165, 1.54) is 12.3 Å². The van der Waals surface area contributed by atoms with Gasteiger partial charge in [-0.3, -0.25) is 9.59 Å². The Bertz CT molecular complexity index is 701. The molecule has 0 aromatic carbocycles. The average molecular weight is 300 g/mol. The van der Waals surface area contributed by atoms with Crippen molar-refractivity contribution in [2.45, 2.75) is 18.9 Å². The molecule has 1 saturated heterocycles. The third kappa shape index (κ3) is 3.13. The van der Waals surface area contributed by atoms with Crippen molar-refractivity contribution in [1.82, 2.24) is 19.9 Å². The summed E-state index contributed by atoms with van der Waals surface area (Å²) in [5.74, 6) is -0.274. The second-order valence-corrected chi connectivity index (χ2v) is 5.08. The van der Waals surface area contributed by atoms with Crippen LogP contribution >= 0.6 is 0 Å². The summed E-state index contributed by atoms with van der Waals surface area (Å²) in [5.41, 5.74) is -0.221.